The van der Waals surface area contributed by atoms with Gasteiger partial charge in [-0.25, -0.2) is 4.98 Å². The van der Waals surface area contributed by atoms with E-state index in [-0.39, 0.29) is 18.5 Å². The first-order valence-electron chi connectivity index (χ1n) is 5.01. The molecule has 1 heterocycles. The fourth-order valence-corrected chi connectivity index (χ4v) is 1.16. The molecule has 0 radical (unpaired) electrons. The van der Waals surface area contributed by atoms with Crippen LogP contribution in [0.25, 0.3) is 0 Å². The van der Waals surface area contributed by atoms with E-state index >= 15 is 0 Å². The average Bonchev–Trinajstić information content (AvgIpc) is 2.26. The van der Waals surface area contributed by atoms with Crippen molar-refractivity contribution in [1.82, 2.24) is 10.3 Å². The van der Waals surface area contributed by atoms with E-state index in [1.807, 2.05) is 19.9 Å². The summed E-state index contributed by atoms with van der Waals surface area (Å²) in [5.74, 6) is -0.0784. The molecule has 2 N–H and O–H groups in total. The van der Waals surface area contributed by atoms with Crippen molar-refractivity contribution in [3.8, 4) is 6.07 Å². The van der Waals surface area contributed by atoms with Crippen molar-refractivity contribution >= 4 is 11.6 Å². The van der Waals surface area contributed by atoms with Gasteiger partial charge in [0.15, 0.2) is 0 Å². The van der Waals surface area contributed by atoms with Crippen LogP contribution in [0.2, 0.25) is 0 Å². The number of carbonyl (C=O) groups excluding carboxylic acids is 1. The van der Waals surface area contributed by atoms with Crippen LogP contribution in [0.1, 0.15) is 19.5 Å². The monoisotopic (exact) mass is 218 g/mol. The second-order valence-corrected chi connectivity index (χ2v) is 3.62. The number of nitrogens with zero attached hydrogens (tertiary/aromatic N) is 2. The highest BCUT2D eigenvalue weighted by molar-refractivity contribution is 5.80. The molecular weight excluding hydrogens is 204 g/mol. The first-order chi connectivity index (χ1) is 7.61. The Morgan fingerprint density at radius 1 is 1.62 bits per heavy atom. The smallest absolute Gasteiger partial charge is 0.239 e. The van der Waals surface area contributed by atoms with Crippen molar-refractivity contribution in [1.29, 1.82) is 5.26 Å². The van der Waals surface area contributed by atoms with Gasteiger partial charge in [-0.05, 0) is 26.0 Å². The third-order valence-electron chi connectivity index (χ3n) is 1.78. The topological polar surface area (TPSA) is 77.8 Å². The molecule has 0 aliphatic heterocycles. The minimum absolute atomic E-state index is 0.0784. The maximum Gasteiger partial charge on any atom is 0.239 e. The first kappa shape index (κ1) is 12.0. The number of nitriles is 1. The van der Waals surface area contributed by atoms with E-state index in [4.69, 9.17) is 5.26 Å². The molecule has 5 heteroatoms. The van der Waals surface area contributed by atoms with Crippen LogP contribution in [0.3, 0.4) is 0 Å². The molecule has 0 aromatic carbocycles. The van der Waals surface area contributed by atoms with Gasteiger partial charge in [-0.1, -0.05) is 0 Å². The molecule has 0 aliphatic rings. The second-order valence-electron chi connectivity index (χ2n) is 3.62. The lowest BCUT2D eigenvalue weighted by Crippen LogP contribution is -2.34. The number of amides is 1. The van der Waals surface area contributed by atoms with Crippen LogP contribution in [-0.2, 0) is 4.79 Å². The molecule has 84 valence electrons. The van der Waals surface area contributed by atoms with Crippen LogP contribution < -0.4 is 10.6 Å². The average molecular weight is 218 g/mol. The van der Waals surface area contributed by atoms with Crippen molar-refractivity contribution in [3.05, 3.63) is 24.0 Å². The number of pyridine rings is 1. The number of hydrogen-bond donors (Lipinski definition) is 2. The number of nitrogens with one attached hydrogen (secondary N) is 2. The summed E-state index contributed by atoms with van der Waals surface area (Å²) in [4.78, 5) is 15.2. The molecule has 0 saturated heterocycles. The zero-order valence-corrected chi connectivity index (χ0v) is 9.32. The zero-order chi connectivity index (χ0) is 12.0. The summed E-state index contributed by atoms with van der Waals surface area (Å²) in [7, 11) is 0. The third kappa shape index (κ3) is 3.96. The predicted octanol–water partition coefficient (Wildman–Crippen LogP) is 0.890. The molecule has 0 aliphatic carbocycles. The van der Waals surface area contributed by atoms with E-state index in [1.54, 1.807) is 12.1 Å². The Morgan fingerprint density at radius 3 is 3.00 bits per heavy atom. The van der Waals surface area contributed by atoms with Crippen molar-refractivity contribution < 1.29 is 4.79 Å². The molecule has 1 aromatic rings. The molecular formula is C11H14N4O. The number of anilines is 1. The lowest BCUT2D eigenvalue weighted by atomic mass is 10.3. The molecule has 5 nitrogen and oxygen atoms in total. The largest absolute Gasteiger partial charge is 0.376 e. The van der Waals surface area contributed by atoms with E-state index < -0.39 is 0 Å². The Morgan fingerprint density at radius 2 is 2.38 bits per heavy atom. The fourth-order valence-electron chi connectivity index (χ4n) is 1.16. The lowest BCUT2D eigenvalue weighted by molar-refractivity contribution is -0.119. The Labute approximate surface area is 94.5 Å². The number of carbonyl (C=O) groups is 1. The van der Waals surface area contributed by atoms with E-state index in [2.05, 4.69) is 15.6 Å². The van der Waals surface area contributed by atoms with Gasteiger partial charge < -0.3 is 10.6 Å². The fraction of sp³-hybridized carbons (Fsp3) is 0.364. The van der Waals surface area contributed by atoms with Crippen LogP contribution in [0.15, 0.2) is 18.3 Å². The number of rotatable bonds is 4. The summed E-state index contributed by atoms with van der Waals surface area (Å²) in [6.07, 6.45) is 1.53. The van der Waals surface area contributed by atoms with Gasteiger partial charge in [0.25, 0.3) is 0 Å². The van der Waals surface area contributed by atoms with E-state index in [9.17, 15) is 4.79 Å². The van der Waals surface area contributed by atoms with E-state index in [0.717, 1.165) is 0 Å². The standard InChI is InChI=1S/C11H14N4O/c1-8(2)15-11(16)7-14-9-3-4-13-10(5-9)6-12/h3-5,8H,7H2,1-2H3,(H,13,14)(H,15,16). The maximum atomic E-state index is 11.3. The Kier molecular flexibility index (Phi) is 4.28. The van der Waals surface area contributed by atoms with Crippen molar-refractivity contribution in [2.45, 2.75) is 19.9 Å². The minimum Gasteiger partial charge on any atom is -0.376 e. The molecule has 1 aromatic heterocycles. The molecule has 0 saturated carbocycles. The van der Waals surface area contributed by atoms with Crippen LogP contribution >= 0.6 is 0 Å². The van der Waals surface area contributed by atoms with Gasteiger partial charge in [-0.15, -0.1) is 0 Å². The summed E-state index contributed by atoms with van der Waals surface area (Å²) in [5, 5.41) is 14.3. The molecule has 0 bridgehead atoms. The summed E-state index contributed by atoms with van der Waals surface area (Å²) in [6.45, 7) is 3.99. The Bertz CT molecular complexity index is 409. The van der Waals surface area contributed by atoms with Gasteiger partial charge in [0.05, 0.1) is 6.54 Å². The molecule has 0 spiro atoms. The van der Waals surface area contributed by atoms with E-state index in [1.165, 1.54) is 6.20 Å². The third-order valence-corrected chi connectivity index (χ3v) is 1.78. The van der Waals surface area contributed by atoms with Crippen molar-refractivity contribution in [2.75, 3.05) is 11.9 Å². The highest BCUT2D eigenvalue weighted by Crippen LogP contribution is 2.06. The van der Waals surface area contributed by atoms with Gasteiger partial charge in [0.2, 0.25) is 5.91 Å². The van der Waals surface area contributed by atoms with Crippen LogP contribution in [0.5, 0.6) is 0 Å². The summed E-state index contributed by atoms with van der Waals surface area (Å²) >= 11 is 0. The predicted molar refractivity (Wildman–Crippen MR) is 60.7 cm³/mol. The highest BCUT2D eigenvalue weighted by atomic mass is 16.1. The molecule has 0 fully saturated rings. The summed E-state index contributed by atoms with van der Waals surface area (Å²) < 4.78 is 0. The summed E-state index contributed by atoms with van der Waals surface area (Å²) in [6, 6.07) is 5.37. The van der Waals surface area contributed by atoms with Crippen molar-refractivity contribution in [3.63, 3.8) is 0 Å². The van der Waals surface area contributed by atoms with Gasteiger partial charge in [-0.3, -0.25) is 4.79 Å². The minimum atomic E-state index is -0.0784. The molecule has 1 amide bonds. The van der Waals surface area contributed by atoms with E-state index in [0.29, 0.717) is 11.4 Å². The number of aromatic nitrogens is 1. The Balaban J connectivity index is 2.49. The van der Waals surface area contributed by atoms with Crippen LogP contribution in [0.4, 0.5) is 5.69 Å². The van der Waals surface area contributed by atoms with Gasteiger partial charge in [0, 0.05) is 17.9 Å². The quantitative estimate of drug-likeness (QED) is 0.786. The first-order valence-corrected chi connectivity index (χ1v) is 5.01. The molecule has 0 atom stereocenters. The van der Waals surface area contributed by atoms with Crippen molar-refractivity contribution in [2.24, 2.45) is 0 Å². The lowest BCUT2D eigenvalue weighted by Gasteiger charge is -2.09. The zero-order valence-electron chi connectivity index (χ0n) is 9.32. The highest BCUT2D eigenvalue weighted by Gasteiger charge is 2.03. The van der Waals surface area contributed by atoms with Gasteiger partial charge in [0.1, 0.15) is 11.8 Å². The maximum absolute atomic E-state index is 11.3. The molecule has 0 unspecified atom stereocenters. The van der Waals surface area contributed by atoms with Crippen LogP contribution in [-0.4, -0.2) is 23.5 Å². The molecule has 16 heavy (non-hydrogen) atoms. The summed E-state index contributed by atoms with van der Waals surface area (Å²) in [5.41, 5.74) is 1.04. The van der Waals surface area contributed by atoms with Crippen LogP contribution in [0, 0.1) is 11.3 Å². The normalized spacial score (nSPS) is 9.62. The number of hydrogen-bond acceptors (Lipinski definition) is 4. The SMILES string of the molecule is CC(C)NC(=O)CNc1ccnc(C#N)c1. The Hall–Kier alpha value is -2.09. The molecule has 1 rings (SSSR count). The van der Waals surface area contributed by atoms with Gasteiger partial charge in [-0.2, -0.15) is 5.26 Å². The second kappa shape index (κ2) is 5.71. The van der Waals surface area contributed by atoms with Gasteiger partial charge >= 0.3 is 0 Å².